The van der Waals surface area contributed by atoms with Gasteiger partial charge in [-0.25, -0.2) is 4.39 Å². The number of rotatable bonds is 6. The molecule has 1 saturated carbocycles. The van der Waals surface area contributed by atoms with Gasteiger partial charge in [0.05, 0.1) is 6.04 Å². The Hall–Kier alpha value is -1.66. The van der Waals surface area contributed by atoms with Crippen LogP contribution in [-0.4, -0.2) is 47.9 Å². The first-order chi connectivity index (χ1) is 14.3. The van der Waals surface area contributed by atoms with Crippen LogP contribution in [0.4, 0.5) is 4.39 Å². The van der Waals surface area contributed by atoms with E-state index in [1.54, 1.807) is 0 Å². The van der Waals surface area contributed by atoms with Crippen molar-refractivity contribution in [3.05, 3.63) is 34.6 Å². The molecule has 1 atom stereocenters. The first-order valence-electron chi connectivity index (χ1n) is 11.1. The summed E-state index contributed by atoms with van der Waals surface area (Å²) in [7, 11) is 0. The Morgan fingerprint density at radius 3 is 2.50 bits per heavy atom. The summed E-state index contributed by atoms with van der Waals surface area (Å²) in [5.74, 6) is -0.364. The minimum atomic E-state index is -0.518. The molecule has 7 heteroatoms. The molecule has 30 heavy (non-hydrogen) atoms. The van der Waals surface area contributed by atoms with Crippen molar-refractivity contribution < 1.29 is 14.0 Å². The van der Waals surface area contributed by atoms with Crippen molar-refractivity contribution in [1.82, 2.24) is 15.5 Å². The monoisotopic (exact) mass is 437 g/mol. The van der Waals surface area contributed by atoms with Crippen LogP contribution in [0.3, 0.4) is 0 Å². The van der Waals surface area contributed by atoms with Crippen LogP contribution in [0.25, 0.3) is 0 Å². The molecule has 166 valence electrons. The van der Waals surface area contributed by atoms with Crippen molar-refractivity contribution in [3.8, 4) is 0 Å². The lowest BCUT2D eigenvalue weighted by Gasteiger charge is -2.39. The fourth-order valence-corrected chi connectivity index (χ4v) is 4.81. The van der Waals surface area contributed by atoms with Crippen LogP contribution in [0, 0.1) is 11.7 Å². The number of carbonyl (C=O) groups excluding carboxylic acids is 2. The molecule has 5 nitrogen and oxygen atoms in total. The normalized spacial score (nSPS) is 21.1. The summed E-state index contributed by atoms with van der Waals surface area (Å²) in [5, 5.41) is 6.39. The third-order valence-electron chi connectivity index (χ3n) is 6.63. The summed E-state index contributed by atoms with van der Waals surface area (Å²) in [4.78, 5) is 27.3. The van der Waals surface area contributed by atoms with Crippen molar-refractivity contribution in [2.75, 3.05) is 19.6 Å². The molecule has 2 amide bonds. The van der Waals surface area contributed by atoms with Crippen molar-refractivity contribution in [3.63, 3.8) is 0 Å². The fourth-order valence-electron chi connectivity index (χ4n) is 4.59. The van der Waals surface area contributed by atoms with E-state index in [4.69, 9.17) is 11.6 Å². The van der Waals surface area contributed by atoms with Crippen LogP contribution in [0.15, 0.2) is 18.2 Å². The number of piperidine rings is 1. The zero-order valence-corrected chi connectivity index (χ0v) is 18.7. The maximum Gasteiger partial charge on any atom is 0.251 e. The standard InChI is InChI=1S/C23H33ClFN3O2/c1-16(21(29)27-23(2)8-4-3-5-9-23)28-10-6-17(7-11-28)15-26-22(30)18-12-19(24)14-20(25)13-18/h12-14,16-17H,3-11,15H2,1-2H3,(H,26,30)(H,27,29). The summed E-state index contributed by atoms with van der Waals surface area (Å²) in [6, 6.07) is 3.70. The Bertz CT molecular complexity index is 739. The minimum absolute atomic E-state index is 0.0635. The number of hydrogen-bond acceptors (Lipinski definition) is 3. The Kier molecular flexibility index (Phi) is 7.75. The van der Waals surface area contributed by atoms with Crippen LogP contribution in [0.2, 0.25) is 5.02 Å². The van der Waals surface area contributed by atoms with E-state index in [1.807, 2.05) is 6.92 Å². The Morgan fingerprint density at radius 1 is 1.20 bits per heavy atom. The van der Waals surface area contributed by atoms with Gasteiger partial charge in [-0.05, 0) is 76.7 Å². The SMILES string of the molecule is CC(C(=O)NC1(C)CCCCC1)N1CCC(CNC(=O)c2cc(F)cc(Cl)c2)CC1. The van der Waals surface area contributed by atoms with Crippen LogP contribution in [0.5, 0.6) is 0 Å². The van der Waals surface area contributed by atoms with Gasteiger partial charge >= 0.3 is 0 Å². The molecule has 1 aromatic rings. The van der Waals surface area contributed by atoms with Crippen molar-refractivity contribution >= 4 is 23.4 Å². The lowest BCUT2D eigenvalue weighted by molar-refractivity contribution is -0.128. The summed E-state index contributed by atoms with van der Waals surface area (Å²) in [5.41, 5.74) is 0.172. The second-order valence-electron chi connectivity index (χ2n) is 9.13. The van der Waals surface area contributed by atoms with Crippen molar-refractivity contribution in [2.24, 2.45) is 5.92 Å². The highest BCUT2D eigenvalue weighted by Crippen LogP contribution is 2.28. The molecule has 2 N–H and O–H groups in total. The third-order valence-corrected chi connectivity index (χ3v) is 6.85. The molecule has 1 saturated heterocycles. The zero-order chi connectivity index (χ0) is 21.7. The van der Waals surface area contributed by atoms with Crippen LogP contribution in [-0.2, 0) is 4.79 Å². The number of nitrogens with zero attached hydrogens (tertiary/aromatic N) is 1. The topological polar surface area (TPSA) is 61.4 Å². The average Bonchev–Trinajstić information content (AvgIpc) is 2.71. The van der Waals surface area contributed by atoms with Crippen molar-refractivity contribution in [2.45, 2.75) is 70.4 Å². The summed E-state index contributed by atoms with van der Waals surface area (Å²) < 4.78 is 13.4. The second-order valence-corrected chi connectivity index (χ2v) is 9.57. The first kappa shape index (κ1) is 23.0. The van der Waals surface area contributed by atoms with E-state index in [0.717, 1.165) is 38.8 Å². The number of benzene rings is 1. The Balaban J connectivity index is 1.42. The third kappa shape index (κ3) is 6.17. The molecule has 0 bridgehead atoms. The van der Waals surface area contributed by atoms with Gasteiger partial charge in [0.1, 0.15) is 5.82 Å². The van der Waals surface area contributed by atoms with Crippen LogP contribution < -0.4 is 10.6 Å². The van der Waals surface area contributed by atoms with Gasteiger partial charge in [-0.2, -0.15) is 0 Å². The van der Waals surface area contributed by atoms with Gasteiger partial charge in [0.25, 0.3) is 5.91 Å². The van der Waals surface area contributed by atoms with E-state index in [0.29, 0.717) is 12.5 Å². The maximum absolute atomic E-state index is 13.4. The second kappa shape index (κ2) is 10.1. The maximum atomic E-state index is 13.4. The molecule has 1 unspecified atom stereocenters. The predicted molar refractivity (Wildman–Crippen MR) is 117 cm³/mol. The number of carbonyl (C=O) groups is 2. The molecule has 3 rings (SSSR count). The lowest BCUT2D eigenvalue weighted by Crippen LogP contribution is -2.55. The number of likely N-dealkylation sites (tertiary alicyclic amines) is 1. The number of hydrogen-bond donors (Lipinski definition) is 2. The molecule has 1 aromatic carbocycles. The van der Waals surface area contributed by atoms with Gasteiger partial charge in [0, 0.05) is 22.7 Å². The van der Waals surface area contributed by atoms with Crippen molar-refractivity contribution in [1.29, 1.82) is 0 Å². The van der Waals surface area contributed by atoms with Gasteiger partial charge in [-0.1, -0.05) is 30.9 Å². The molecular formula is C23H33ClFN3O2. The van der Waals surface area contributed by atoms with Crippen LogP contribution >= 0.6 is 11.6 Å². The average molecular weight is 438 g/mol. The summed E-state index contributed by atoms with van der Waals surface area (Å²) in [6.45, 7) is 6.35. The van der Waals surface area contributed by atoms with E-state index >= 15 is 0 Å². The smallest absolute Gasteiger partial charge is 0.251 e. The highest BCUT2D eigenvalue weighted by atomic mass is 35.5. The quantitative estimate of drug-likeness (QED) is 0.702. The molecule has 1 aliphatic carbocycles. The van der Waals surface area contributed by atoms with E-state index in [9.17, 15) is 14.0 Å². The molecule has 2 aliphatic rings. The number of amides is 2. The minimum Gasteiger partial charge on any atom is -0.352 e. The first-order valence-corrected chi connectivity index (χ1v) is 11.4. The van der Waals surface area contributed by atoms with E-state index in [-0.39, 0.29) is 34.0 Å². The van der Waals surface area contributed by atoms with Gasteiger partial charge in [-0.3, -0.25) is 14.5 Å². The number of halogens is 2. The highest BCUT2D eigenvalue weighted by Gasteiger charge is 2.32. The molecule has 0 spiro atoms. The predicted octanol–water partition coefficient (Wildman–Crippen LogP) is 4.15. The van der Waals surface area contributed by atoms with E-state index < -0.39 is 5.82 Å². The number of nitrogens with one attached hydrogen (secondary N) is 2. The summed E-state index contributed by atoms with van der Waals surface area (Å²) in [6.07, 6.45) is 7.58. The largest absolute Gasteiger partial charge is 0.352 e. The molecule has 0 radical (unpaired) electrons. The van der Waals surface area contributed by atoms with E-state index in [1.165, 1.54) is 37.5 Å². The molecule has 2 fully saturated rings. The molecular weight excluding hydrogens is 405 g/mol. The van der Waals surface area contributed by atoms with Gasteiger partial charge in [0.15, 0.2) is 0 Å². The van der Waals surface area contributed by atoms with Gasteiger partial charge in [0.2, 0.25) is 5.91 Å². The molecule has 0 aromatic heterocycles. The fraction of sp³-hybridized carbons (Fsp3) is 0.652. The lowest BCUT2D eigenvalue weighted by atomic mass is 9.83. The summed E-state index contributed by atoms with van der Waals surface area (Å²) >= 11 is 5.83. The zero-order valence-electron chi connectivity index (χ0n) is 18.0. The van der Waals surface area contributed by atoms with E-state index in [2.05, 4.69) is 22.5 Å². The van der Waals surface area contributed by atoms with Crippen LogP contribution in [0.1, 0.15) is 69.2 Å². The highest BCUT2D eigenvalue weighted by molar-refractivity contribution is 6.31. The Labute approximate surface area is 183 Å². The van der Waals surface area contributed by atoms with Gasteiger partial charge < -0.3 is 10.6 Å². The Morgan fingerprint density at radius 2 is 1.87 bits per heavy atom. The van der Waals surface area contributed by atoms with Gasteiger partial charge in [-0.15, -0.1) is 0 Å². The molecule has 1 heterocycles. The molecule has 1 aliphatic heterocycles.